The molecule has 2 heterocycles. The number of rotatable bonds is 4. The molecule has 1 aromatic heterocycles. The molecule has 0 atom stereocenters. The van der Waals surface area contributed by atoms with Gasteiger partial charge in [-0.2, -0.15) is 0 Å². The van der Waals surface area contributed by atoms with E-state index in [4.69, 9.17) is 11.6 Å². The number of fused-ring (bicyclic) bond motifs is 1. The van der Waals surface area contributed by atoms with E-state index in [1.165, 1.54) is 11.1 Å². The van der Waals surface area contributed by atoms with Crippen molar-refractivity contribution in [2.24, 2.45) is 0 Å². The van der Waals surface area contributed by atoms with E-state index in [1.807, 2.05) is 18.2 Å². The van der Waals surface area contributed by atoms with Gasteiger partial charge in [-0.25, -0.2) is 9.97 Å². The largest absolute Gasteiger partial charge is 0.347 e. The Morgan fingerprint density at radius 1 is 1.08 bits per heavy atom. The SMILES string of the molecule is O=C(NCc1ccc2c(c1)CNC2)c1ccnc(-c2ccc(Cl)cc2)n1. The van der Waals surface area contributed by atoms with E-state index in [9.17, 15) is 4.79 Å². The number of halogens is 1. The Morgan fingerprint density at radius 2 is 1.88 bits per heavy atom. The van der Waals surface area contributed by atoms with Gasteiger partial charge in [-0.05, 0) is 47.0 Å². The third-order valence-corrected chi connectivity index (χ3v) is 4.60. The van der Waals surface area contributed by atoms with Crippen molar-refractivity contribution in [2.45, 2.75) is 19.6 Å². The smallest absolute Gasteiger partial charge is 0.270 e. The number of benzene rings is 2. The summed E-state index contributed by atoms with van der Waals surface area (Å²) in [5.41, 5.74) is 4.85. The summed E-state index contributed by atoms with van der Waals surface area (Å²) in [4.78, 5) is 21.1. The molecule has 0 saturated carbocycles. The predicted octanol–water partition coefficient (Wildman–Crippen LogP) is 3.33. The third kappa shape index (κ3) is 3.59. The highest BCUT2D eigenvalue weighted by Crippen LogP contribution is 2.19. The van der Waals surface area contributed by atoms with Crippen molar-refractivity contribution in [2.75, 3.05) is 0 Å². The quantitative estimate of drug-likeness (QED) is 0.745. The van der Waals surface area contributed by atoms with Gasteiger partial charge in [0.15, 0.2) is 5.82 Å². The Labute approximate surface area is 156 Å². The molecule has 3 aromatic rings. The summed E-state index contributed by atoms with van der Waals surface area (Å²) >= 11 is 5.91. The molecule has 5 nitrogen and oxygen atoms in total. The van der Waals surface area contributed by atoms with Crippen molar-refractivity contribution in [1.29, 1.82) is 0 Å². The molecule has 4 rings (SSSR count). The predicted molar refractivity (Wildman–Crippen MR) is 101 cm³/mol. The average Bonchev–Trinajstić information content (AvgIpc) is 3.14. The van der Waals surface area contributed by atoms with Gasteiger partial charge in [-0.1, -0.05) is 29.8 Å². The van der Waals surface area contributed by atoms with Gasteiger partial charge in [0.05, 0.1) is 0 Å². The van der Waals surface area contributed by atoms with Crippen LogP contribution in [0.1, 0.15) is 27.2 Å². The van der Waals surface area contributed by atoms with Crippen molar-refractivity contribution in [3.8, 4) is 11.4 Å². The molecule has 1 amide bonds. The van der Waals surface area contributed by atoms with Gasteiger partial charge < -0.3 is 10.6 Å². The average molecular weight is 365 g/mol. The Bertz CT molecular complexity index is 956. The van der Waals surface area contributed by atoms with E-state index in [-0.39, 0.29) is 5.91 Å². The molecule has 0 radical (unpaired) electrons. The summed E-state index contributed by atoms with van der Waals surface area (Å²) in [6.07, 6.45) is 1.59. The number of nitrogens with one attached hydrogen (secondary N) is 2. The van der Waals surface area contributed by atoms with Crippen LogP contribution in [0.25, 0.3) is 11.4 Å². The highest BCUT2D eigenvalue weighted by atomic mass is 35.5. The highest BCUT2D eigenvalue weighted by molar-refractivity contribution is 6.30. The minimum atomic E-state index is -0.221. The number of nitrogens with zero attached hydrogens (tertiary/aromatic N) is 2. The van der Waals surface area contributed by atoms with Crippen LogP contribution in [-0.4, -0.2) is 15.9 Å². The Morgan fingerprint density at radius 3 is 2.73 bits per heavy atom. The molecule has 1 aliphatic heterocycles. The fourth-order valence-electron chi connectivity index (χ4n) is 2.95. The van der Waals surface area contributed by atoms with Crippen molar-refractivity contribution < 1.29 is 4.79 Å². The van der Waals surface area contributed by atoms with Crippen molar-refractivity contribution >= 4 is 17.5 Å². The lowest BCUT2D eigenvalue weighted by atomic mass is 10.1. The van der Waals surface area contributed by atoms with Crippen LogP contribution in [0.5, 0.6) is 0 Å². The maximum absolute atomic E-state index is 12.5. The van der Waals surface area contributed by atoms with Crippen LogP contribution in [0.3, 0.4) is 0 Å². The molecule has 1 aliphatic rings. The zero-order valence-electron chi connectivity index (χ0n) is 14.0. The molecular weight excluding hydrogens is 348 g/mol. The van der Waals surface area contributed by atoms with E-state index in [2.05, 4.69) is 32.7 Å². The van der Waals surface area contributed by atoms with Crippen LogP contribution >= 0.6 is 11.6 Å². The maximum atomic E-state index is 12.5. The van der Waals surface area contributed by atoms with Crippen molar-refractivity contribution in [3.05, 3.63) is 82.1 Å². The number of hydrogen-bond donors (Lipinski definition) is 2. The van der Waals surface area contributed by atoms with E-state index < -0.39 is 0 Å². The normalized spacial score (nSPS) is 12.7. The molecule has 0 spiro atoms. The zero-order valence-corrected chi connectivity index (χ0v) is 14.8. The lowest BCUT2D eigenvalue weighted by Gasteiger charge is -2.08. The first kappa shape index (κ1) is 16.7. The molecule has 0 saturated heterocycles. The number of amides is 1. The van der Waals surface area contributed by atoms with Gasteiger partial charge in [0.25, 0.3) is 5.91 Å². The number of aromatic nitrogens is 2. The van der Waals surface area contributed by atoms with Gasteiger partial charge in [-0.15, -0.1) is 0 Å². The van der Waals surface area contributed by atoms with Crippen LogP contribution in [0.4, 0.5) is 0 Å². The minimum Gasteiger partial charge on any atom is -0.347 e. The number of carbonyl (C=O) groups is 1. The molecule has 0 unspecified atom stereocenters. The van der Waals surface area contributed by atoms with E-state index >= 15 is 0 Å². The standard InChI is InChI=1S/C20H17ClN4O/c21-17-5-3-14(4-6-17)19-23-8-7-18(25-19)20(26)24-10-13-1-2-15-11-22-12-16(15)9-13/h1-9,22H,10-12H2,(H,24,26). The summed E-state index contributed by atoms with van der Waals surface area (Å²) in [5, 5.41) is 6.89. The Kier molecular flexibility index (Phi) is 4.65. The van der Waals surface area contributed by atoms with Crippen LogP contribution in [0.15, 0.2) is 54.7 Å². The summed E-state index contributed by atoms with van der Waals surface area (Å²) < 4.78 is 0. The zero-order chi connectivity index (χ0) is 17.9. The molecule has 26 heavy (non-hydrogen) atoms. The second-order valence-corrected chi connectivity index (χ2v) is 6.60. The molecular formula is C20H17ClN4O. The fraction of sp³-hybridized carbons (Fsp3) is 0.150. The summed E-state index contributed by atoms with van der Waals surface area (Å²) in [7, 11) is 0. The maximum Gasteiger partial charge on any atom is 0.270 e. The Hall–Kier alpha value is -2.76. The Balaban J connectivity index is 1.46. The first-order valence-electron chi connectivity index (χ1n) is 8.37. The summed E-state index contributed by atoms with van der Waals surface area (Å²) in [5.74, 6) is 0.277. The first-order valence-corrected chi connectivity index (χ1v) is 8.75. The van der Waals surface area contributed by atoms with Gasteiger partial charge >= 0.3 is 0 Å². The van der Waals surface area contributed by atoms with Crippen LogP contribution in [0, 0.1) is 0 Å². The lowest BCUT2D eigenvalue weighted by molar-refractivity contribution is 0.0946. The van der Waals surface area contributed by atoms with E-state index in [0.717, 1.165) is 24.2 Å². The topological polar surface area (TPSA) is 66.9 Å². The van der Waals surface area contributed by atoms with Crippen molar-refractivity contribution in [1.82, 2.24) is 20.6 Å². The van der Waals surface area contributed by atoms with Crippen LogP contribution < -0.4 is 10.6 Å². The molecule has 0 aliphatic carbocycles. The van der Waals surface area contributed by atoms with Gasteiger partial charge in [0.1, 0.15) is 5.69 Å². The second kappa shape index (κ2) is 7.23. The van der Waals surface area contributed by atoms with E-state index in [0.29, 0.717) is 23.1 Å². The number of carbonyl (C=O) groups excluding carboxylic acids is 1. The molecule has 0 bridgehead atoms. The van der Waals surface area contributed by atoms with Gasteiger partial charge in [-0.3, -0.25) is 4.79 Å². The molecule has 6 heteroatoms. The third-order valence-electron chi connectivity index (χ3n) is 4.35. The summed E-state index contributed by atoms with van der Waals surface area (Å²) in [6.45, 7) is 2.26. The van der Waals surface area contributed by atoms with E-state index in [1.54, 1.807) is 24.4 Å². The second-order valence-electron chi connectivity index (χ2n) is 6.16. The monoisotopic (exact) mass is 364 g/mol. The highest BCUT2D eigenvalue weighted by Gasteiger charge is 2.12. The van der Waals surface area contributed by atoms with Gasteiger partial charge in [0.2, 0.25) is 0 Å². The first-order chi connectivity index (χ1) is 12.7. The van der Waals surface area contributed by atoms with Crippen LogP contribution in [-0.2, 0) is 19.6 Å². The molecule has 130 valence electrons. The summed E-state index contributed by atoms with van der Waals surface area (Å²) in [6, 6.07) is 15.1. The van der Waals surface area contributed by atoms with Crippen molar-refractivity contribution in [3.63, 3.8) is 0 Å². The number of hydrogen-bond acceptors (Lipinski definition) is 4. The van der Waals surface area contributed by atoms with Crippen LogP contribution in [0.2, 0.25) is 5.02 Å². The minimum absolute atomic E-state index is 0.221. The lowest BCUT2D eigenvalue weighted by Crippen LogP contribution is -2.24. The molecule has 0 fully saturated rings. The van der Waals surface area contributed by atoms with Gasteiger partial charge in [0, 0.05) is 36.4 Å². The molecule has 2 aromatic carbocycles. The fourth-order valence-corrected chi connectivity index (χ4v) is 3.08. The molecule has 2 N–H and O–H groups in total.